The van der Waals surface area contributed by atoms with Crippen molar-refractivity contribution in [2.24, 2.45) is 5.92 Å². The monoisotopic (exact) mass is 741 g/mol. The minimum atomic E-state index is -1.22. The summed E-state index contributed by atoms with van der Waals surface area (Å²) < 4.78 is 1.78. The number of nitrogens with zero attached hydrogens (tertiary/aromatic N) is 6. The molecule has 3 amide bonds. The Hall–Kier alpha value is -5.93. The van der Waals surface area contributed by atoms with Gasteiger partial charge in [-0.25, -0.2) is 10.0 Å². The van der Waals surface area contributed by atoms with Crippen molar-refractivity contribution in [1.29, 1.82) is 0 Å². The summed E-state index contributed by atoms with van der Waals surface area (Å²) >= 11 is 6.55. The van der Waals surface area contributed by atoms with E-state index in [9.17, 15) is 24.4 Å². The lowest BCUT2D eigenvalue weighted by molar-refractivity contribution is -0.169. The van der Waals surface area contributed by atoms with E-state index in [1.54, 1.807) is 28.8 Å². The van der Waals surface area contributed by atoms with Gasteiger partial charge in [0.25, 0.3) is 5.91 Å². The number of aromatic nitrogens is 6. The molecule has 15 nitrogen and oxygen atoms in total. The van der Waals surface area contributed by atoms with Crippen LogP contribution in [-0.4, -0.2) is 88.9 Å². The summed E-state index contributed by atoms with van der Waals surface area (Å²) in [4.78, 5) is 54.7. The van der Waals surface area contributed by atoms with Gasteiger partial charge in [-0.2, -0.15) is 5.21 Å². The maximum Gasteiger partial charge on any atom is 0.322 e. The van der Waals surface area contributed by atoms with Crippen LogP contribution in [0.15, 0.2) is 78.9 Å². The molecule has 0 aliphatic rings. The van der Waals surface area contributed by atoms with E-state index in [4.69, 9.17) is 16.7 Å². The van der Waals surface area contributed by atoms with E-state index < -0.39 is 36.2 Å². The molecule has 53 heavy (non-hydrogen) atoms. The van der Waals surface area contributed by atoms with Crippen LogP contribution in [0.2, 0.25) is 5.15 Å². The van der Waals surface area contributed by atoms with Crippen molar-refractivity contribution in [2.45, 2.75) is 45.6 Å². The van der Waals surface area contributed by atoms with Crippen LogP contribution in [0.25, 0.3) is 22.5 Å². The number of aromatic amines is 1. The third-order valence-corrected chi connectivity index (χ3v) is 8.77. The maximum absolute atomic E-state index is 13.5. The Kier molecular flexibility index (Phi) is 13.4. The number of hydrogen-bond donors (Lipinski definition) is 5. The molecule has 16 heteroatoms. The highest BCUT2D eigenvalue weighted by molar-refractivity contribution is 6.32. The fourth-order valence-electron chi connectivity index (χ4n) is 5.81. The van der Waals surface area contributed by atoms with Crippen molar-refractivity contribution in [3.05, 3.63) is 107 Å². The zero-order chi connectivity index (χ0) is 37.7. The number of halogens is 1. The Balaban J connectivity index is 1.25. The third-order valence-electron chi connectivity index (χ3n) is 8.51. The first-order valence-electron chi connectivity index (χ1n) is 17.1. The van der Waals surface area contributed by atoms with Gasteiger partial charge in [0.05, 0.1) is 12.5 Å². The largest absolute Gasteiger partial charge is 0.480 e. The number of H-pyrrole nitrogens is 1. The Morgan fingerprint density at radius 1 is 0.943 bits per heavy atom. The average molecular weight is 742 g/mol. The molecule has 0 saturated heterocycles. The number of carbonyl (C=O) groups excluding carboxylic acids is 3. The molecule has 5 N–H and O–H groups in total. The van der Waals surface area contributed by atoms with Gasteiger partial charge in [0.1, 0.15) is 18.1 Å². The quantitative estimate of drug-likeness (QED) is 0.0640. The van der Waals surface area contributed by atoms with Crippen molar-refractivity contribution >= 4 is 35.3 Å². The van der Waals surface area contributed by atoms with Crippen LogP contribution in [0.4, 0.5) is 0 Å². The maximum atomic E-state index is 13.5. The molecule has 0 bridgehead atoms. The second-order valence-electron chi connectivity index (χ2n) is 12.3. The van der Waals surface area contributed by atoms with Crippen molar-refractivity contribution < 1.29 is 29.5 Å². The van der Waals surface area contributed by atoms with E-state index in [-0.39, 0.29) is 36.8 Å². The van der Waals surface area contributed by atoms with Crippen molar-refractivity contribution in [1.82, 2.24) is 45.9 Å². The number of nitrogens with one attached hydrogen (secondary N) is 3. The number of carboxylic acids is 1. The van der Waals surface area contributed by atoms with Crippen molar-refractivity contribution in [2.75, 3.05) is 19.6 Å². The van der Waals surface area contributed by atoms with Crippen LogP contribution in [0.3, 0.4) is 0 Å². The molecule has 2 aromatic heterocycles. The molecule has 276 valence electrons. The summed E-state index contributed by atoms with van der Waals surface area (Å²) in [5, 5.41) is 39.4. The first-order chi connectivity index (χ1) is 25.6. The van der Waals surface area contributed by atoms with E-state index in [0.717, 1.165) is 40.7 Å². The second-order valence-corrected chi connectivity index (χ2v) is 12.7. The summed E-state index contributed by atoms with van der Waals surface area (Å²) in [6.45, 7) is 1.25. The fourth-order valence-corrected chi connectivity index (χ4v) is 6.09. The minimum Gasteiger partial charge on any atom is -0.480 e. The highest BCUT2D eigenvalue weighted by atomic mass is 35.5. The second kappa shape index (κ2) is 18.5. The van der Waals surface area contributed by atoms with Crippen LogP contribution >= 0.6 is 11.6 Å². The summed E-state index contributed by atoms with van der Waals surface area (Å²) in [5.41, 5.74) is 4.51. The lowest BCUT2D eigenvalue weighted by Gasteiger charge is -2.22. The molecular formula is C37H40ClN9O6. The van der Waals surface area contributed by atoms with Crippen LogP contribution in [-0.2, 0) is 33.8 Å². The molecule has 3 aromatic carbocycles. The van der Waals surface area contributed by atoms with E-state index in [1.165, 1.54) is 0 Å². The zero-order valence-electron chi connectivity index (χ0n) is 29.0. The third kappa shape index (κ3) is 10.3. The molecule has 0 aliphatic heterocycles. The number of carbonyl (C=O) groups is 4. The molecule has 0 fully saturated rings. The number of benzene rings is 3. The molecule has 1 atom stereocenters. The summed E-state index contributed by atoms with van der Waals surface area (Å²) in [7, 11) is 0. The standard InChI is InChI=1S/C37H40ClN9O6/c1-2-3-13-30-41-34(38)33(46(30)22-25-14-16-26(17-15-25)28-11-7-8-12-29(28)35-42-44-45-43-35)37(52)39-19-18-31(48)47(53)23-27(36(51)40-21-32(49)50)20-24-9-5-4-6-10-24/h4-12,14-17,27,53H,2-3,13,18-23H2,1H3,(H,39,52)(H,40,51)(H,49,50)(H,42,43,44,45). The zero-order valence-corrected chi connectivity index (χ0v) is 29.8. The number of unbranched alkanes of at least 4 members (excludes halogenated alkanes) is 1. The Labute approximate surface area is 310 Å². The van der Waals surface area contributed by atoms with Crippen LogP contribution in [0.1, 0.15) is 53.6 Å². The predicted octanol–water partition coefficient (Wildman–Crippen LogP) is 4.17. The SMILES string of the molecule is CCCCc1nc(Cl)c(C(=O)NCCC(=O)N(O)CC(Cc2ccccc2)C(=O)NCC(=O)O)n1Cc1ccc(-c2ccccc2-c2nn[nH]n2)cc1. The molecule has 0 spiro atoms. The van der Waals surface area contributed by atoms with Gasteiger partial charge in [0, 0.05) is 31.5 Å². The highest BCUT2D eigenvalue weighted by Gasteiger charge is 2.26. The number of amides is 3. The number of hydrogen-bond acceptors (Lipinski definition) is 9. The van der Waals surface area contributed by atoms with Gasteiger partial charge in [-0.1, -0.05) is 104 Å². The van der Waals surface area contributed by atoms with Gasteiger partial charge in [-0.3, -0.25) is 24.4 Å². The molecule has 1 unspecified atom stereocenters. The van der Waals surface area contributed by atoms with E-state index >= 15 is 0 Å². The van der Waals surface area contributed by atoms with Gasteiger partial charge in [-0.05, 0) is 40.3 Å². The van der Waals surface area contributed by atoms with Gasteiger partial charge in [0.2, 0.25) is 17.6 Å². The van der Waals surface area contributed by atoms with Crippen LogP contribution in [0, 0.1) is 5.92 Å². The Bertz CT molecular complexity index is 2000. The Morgan fingerprint density at radius 3 is 2.34 bits per heavy atom. The Morgan fingerprint density at radius 2 is 1.66 bits per heavy atom. The normalized spacial score (nSPS) is 11.5. The average Bonchev–Trinajstić information content (AvgIpc) is 3.81. The number of imidazole rings is 1. The molecule has 2 heterocycles. The predicted molar refractivity (Wildman–Crippen MR) is 195 cm³/mol. The summed E-state index contributed by atoms with van der Waals surface area (Å²) in [5.74, 6) is -2.92. The molecule has 0 aliphatic carbocycles. The van der Waals surface area contributed by atoms with E-state index in [0.29, 0.717) is 29.7 Å². The smallest absolute Gasteiger partial charge is 0.322 e. The summed E-state index contributed by atoms with van der Waals surface area (Å²) in [6, 6.07) is 24.6. The lowest BCUT2D eigenvalue weighted by atomic mass is 9.98. The van der Waals surface area contributed by atoms with Crippen molar-refractivity contribution in [3.63, 3.8) is 0 Å². The topological polar surface area (TPSA) is 208 Å². The van der Waals surface area contributed by atoms with Crippen molar-refractivity contribution in [3.8, 4) is 22.5 Å². The number of aliphatic carboxylic acids is 1. The molecule has 0 radical (unpaired) electrons. The molecule has 5 aromatic rings. The van der Waals surface area contributed by atoms with Crippen LogP contribution < -0.4 is 10.6 Å². The summed E-state index contributed by atoms with van der Waals surface area (Å²) in [6.07, 6.45) is 2.22. The highest BCUT2D eigenvalue weighted by Crippen LogP contribution is 2.30. The number of carboxylic acid groups (broad SMARTS) is 1. The van der Waals surface area contributed by atoms with E-state index in [1.807, 2.05) is 54.6 Å². The van der Waals surface area contributed by atoms with E-state index in [2.05, 4.69) is 43.2 Å². The molecular weight excluding hydrogens is 702 g/mol. The first kappa shape index (κ1) is 38.3. The van der Waals surface area contributed by atoms with Gasteiger partial charge in [-0.15, -0.1) is 10.2 Å². The minimum absolute atomic E-state index is 0.0329. The fraction of sp³-hybridized carbons (Fsp3) is 0.297. The van der Waals surface area contributed by atoms with Gasteiger partial charge >= 0.3 is 5.97 Å². The number of hydroxylamine groups is 2. The number of rotatable bonds is 18. The van der Waals surface area contributed by atoms with Gasteiger partial charge in [0.15, 0.2) is 5.15 Å². The number of aryl methyl sites for hydroxylation is 1. The van der Waals surface area contributed by atoms with Gasteiger partial charge < -0.3 is 20.3 Å². The number of tetrazole rings is 1. The lowest BCUT2D eigenvalue weighted by Crippen LogP contribution is -2.43. The molecule has 5 rings (SSSR count). The first-order valence-corrected chi connectivity index (χ1v) is 17.5. The molecule has 0 saturated carbocycles. The van der Waals surface area contributed by atoms with Crippen LogP contribution in [0.5, 0.6) is 0 Å².